The third kappa shape index (κ3) is 2.43. The third-order valence-corrected chi connectivity index (χ3v) is 2.78. The highest BCUT2D eigenvalue weighted by Crippen LogP contribution is 2.24. The number of aryl methyl sites for hydroxylation is 1. The molecule has 18 heavy (non-hydrogen) atoms. The number of carboxylic acid groups (broad SMARTS) is 1. The number of nitrogens with zero attached hydrogens (tertiary/aromatic N) is 3. The molecule has 0 unspecified atom stereocenters. The lowest BCUT2D eigenvalue weighted by Gasteiger charge is -2.10. The summed E-state index contributed by atoms with van der Waals surface area (Å²) in [5.41, 5.74) is 0.513. The number of hydrogen-bond acceptors (Lipinski definition) is 4. The molecular formula is C11H11ClN4O2. The van der Waals surface area contributed by atoms with Crippen molar-refractivity contribution in [3.05, 3.63) is 40.9 Å². The molecule has 1 aromatic heterocycles. The SMILES string of the molecule is Cn1cnnc1CNc1cccc(Cl)c1C(=O)O. The van der Waals surface area contributed by atoms with Crippen LogP contribution in [0, 0.1) is 0 Å². The first-order valence-electron chi connectivity index (χ1n) is 5.18. The summed E-state index contributed by atoms with van der Waals surface area (Å²) < 4.78 is 1.75. The highest BCUT2D eigenvalue weighted by molar-refractivity contribution is 6.34. The Bertz CT molecular complexity index is 582. The van der Waals surface area contributed by atoms with Crippen LogP contribution < -0.4 is 5.32 Å². The van der Waals surface area contributed by atoms with E-state index in [1.165, 1.54) is 0 Å². The Kier molecular flexibility index (Phi) is 3.47. The van der Waals surface area contributed by atoms with Crippen LogP contribution in [0.3, 0.4) is 0 Å². The number of benzene rings is 1. The molecular weight excluding hydrogens is 256 g/mol. The van der Waals surface area contributed by atoms with E-state index in [1.54, 1.807) is 29.1 Å². The number of hydrogen-bond donors (Lipinski definition) is 2. The fourth-order valence-electron chi connectivity index (χ4n) is 1.53. The highest BCUT2D eigenvalue weighted by Gasteiger charge is 2.14. The molecule has 0 aliphatic rings. The van der Waals surface area contributed by atoms with Gasteiger partial charge in [0.25, 0.3) is 0 Å². The van der Waals surface area contributed by atoms with Gasteiger partial charge in [0.05, 0.1) is 17.3 Å². The minimum Gasteiger partial charge on any atom is -0.478 e. The van der Waals surface area contributed by atoms with Crippen LogP contribution in [0.25, 0.3) is 0 Å². The summed E-state index contributed by atoms with van der Waals surface area (Å²) in [6.45, 7) is 0.372. The van der Waals surface area contributed by atoms with Crippen LogP contribution >= 0.6 is 11.6 Å². The second kappa shape index (κ2) is 5.05. The molecule has 0 radical (unpaired) electrons. The normalized spacial score (nSPS) is 10.3. The molecule has 0 bridgehead atoms. The molecule has 6 nitrogen and oxygen atoms in total. The van der Waals surface area contributed by atoms with Gasteiger partial charge in [-0.3, -0.25) is 0 Å². The zero-order valence-electron chi connectivity index (χ0n) is 9.59. The standard InChI is InChI=1S/C11H11ClN4O2/c1-16-6-14-15-9(16)5-13-8-4-2-3-7(12)10(8)11(17)18/h2-4,6,13H,5H2,1H3,(H,17,18). The minimum atomic E-state index is -1.07. The molecule has 1 aromatic carbocycles. The van der Waals surface area contributed by atoms with Gasteiger partial charge in [0.1, 0.15) is 11.9 Å². The van der Waals surface area contributed by atoms with Crippen LogP contribution in [0.1, 0.15) is 16.2 Å². The number of rotatable bonds is 4. The van der Waals surface area contributed by atoms with Crippen LogP contribution in [-0.2, 0) is 13.6 Å². The fourth-order valence-corrected chi connectivity index (χ4v) is 1.79. The molecule has 0 fully saturated rings. The lowest BCUT2D eigenvalue weighted by atomic mass is 10.2. The summed E-state index contributed by atoms with van der Waals surface area (Å²) in [7, 11) is 1.81. The lowest BCUT2D eigenvalue weighted by molar-refractivity contribution is 0.0698. The second-order valence-electron chi connectivity index (χ2n) is 3.68. The lowest BCUT2D eigenvalue weighted by Crippen LogP contribution is -2.09. The number of aromatic carboxylic acids is 1. The van der Waals surface area contributed by atoms with E-state index in [0.717, 1.165) is 0 Å². The van der Waals surface area contributed by atoms with Gasteiger partial charge >= 0.3 is 5.97 Å². The van der Waals surface area contributed by atoms with Gasteiger partial charge in [-0.25, -0.2) is 4.79 Å². The molecule has 2 N–H and O–H groups in total. The molecule has 0 saturated carbocycles. The Labute approximate surface area is 108 Å². The van der Waals surface area contributed by atoms with Crippen LogP contribution in [0.2, 0.25) is 5.02 Å². The molecule has 0 aliphatic carbocycles. The van der Waals surface area contributed by atoms with Crippen molar-refractivity contribution in [1.29, 1.82) is 0 Å². The molecule has 2 rings (SSSR count). The van der Waals surface area contributed by atoms with Crippen molar-refractivity contribution in [1.82, 2.24) is 14.8 Å². The second-order valence-corrected chi connectivity index (χ2v) is 4.09. The first-order valence-corrected chi connectivity index (χ1v) is 5.56. The van der Waals surface area contributed by atoms with Crippen molar-refractivity contribution in [2.24, 2.45) is 7.05 Å². The van der Waals surface area contributed by atoms with Gasteiger partial charge < -0.3 is 15.0 Å². The minimum absolute atomic E-state index is 0.0568. The first kappa shape index (κ1) is 12.4. The summed E-state index contributed by atoms with van der Waals surface area (Å²) >= 11 is 5.86. The maximum Gasteiger partial charge on any atom is 0.339 e. The molecule has 94 valence electrons. The smallest absolute Gasteiger partial charge is 0.339 e. The molecule has 0 saturated heterocycles. The van der Waals surface area contributed by atoms with Gasteiger partial charge in [-0.2, -0.15) is 0 Å². The van der Waals surface area contributed by atoms with E-state index in [9.17, 15) is 4.79 Å². The molecule has 0 spiro atoms. The van der Waals surface area contributed by atoms with Gasteiger partial charge in [-0.15, -0.1) is 10.2 Å². The Morgan fingerprint density at radius 2 is 2.33 bits per heavy atom. The molecule has 0 amide bonds. The number of carboxylic acids is 1. The highest BCUT2D eigenvalue weighted by atomic mass is 35.5. The van der Waals surface area contributed by atoms with E-state index in [1.807, 2.05) is 7.05 Å². The summed E-state index contributed by atoms with van der Waals surface area (Å²) in [5, 5.41) is 19.9. The zero-order chi connectivity index (χ0) is 13.1. The topological polar surface area (TPSA) is 80.0 Å². The quantitative estimate of drug-likeness (QED) is 0.882. The summed E-state index contributed by atoms with van der Waals surface area (Å²) in [5.74, 6) is -0.368. The van der Waals surface area contributed by atoms with E-state index in [2.05, 4.69) is 15.5 Å². The van der Waals surface area contributed by atoms with E-state index in [4.69, 9.17) is 16.7 Å². The maximum atomic E-state index is 11.1. The Morgan fingerprint density at radius 3 is 2.94 bits per heavy atom. The zero-order valence-corrected chi connectivity index (χ0v) is 10.3. The monoisotopic (exact) mass is 266 g/mol. The number of halogens is 1. The van der Waals surface area contributed by atoms with Crippen molar-refractivity contribution in [3.8, 4) is 0 Å². The fraction of sp³-hybridized carbons (Fsp3) is 0.182. The van der Waals surface area contributed by atoms with E-state index in [0.29, 0.717) is 18.1 Å². The summed E-state index contributed by atoms with van der Waals surface area (Å²) in [6.07, 6.45) is 1.58. The number of carbonyl (C=O) groups is 1. The summed E-state index contributed by atoms with van der Waals surface area (Å²) in [4.78, 5) is 11.1. The average molecular weight is 267 g/mol. The summed E-state index contributed by atoms with van der Waals surface area (Å²) in [6, 6.07) is 4.89. The van der Waals surface area contributed by atoms with Crippen LogP contribution in [-0.4, -0.2) is 25.8 Å². The van der Waals surface area contributed by atoms with Gasteiger partial charge in [0.2, 0.25) is 0 Å². The predicted octanol–water partition coefficient (Wildman–Crippen LogP) is 1.78. The Balaban J connectivity index is 2.22. The van der Waals surface area contributed by atoms with Crippen LogP contribution in [0.15, 0.2) is 24.5 Å². The number of aromatic nitrogens is 3. The van der Waals surface area contributed by atoms with Gasteiger partial charge in [0, 0.05) is 7.05 Å². The van der Waals surface area contributed by atoms with E-state index in [-0.39, 0.29) is 10.6 Å². The first-order chi connectivity index (χ1) is 8.59. The van der Waals surface area contributed by atoms with Gasteiger partial charge in [0.15, 0.2) is 5.82 Å². The van der Waals surface area contributed by atoms with Crippen molar-refractivity contribution in [3.63, 3.8) is 0 Å². The van der Waals surface area contributed by atoms with Crippen LogP contribution in [0.5, 0.6) is 0 Å². The molecule has 0 aliphatic heterocycles. The van der Waals surface area contributed by atoms with Gasteiger partial charge in [-0.1, -0.05) is 17.7 Å². The Morgan fingerprint density at radius 1 is 1.56 bits per heavy atom. The molecule has 7 heteroatoms. The number of anilines is 1. The van der Waals surface area contributed by atoms with Crippen LogP contribution in [0.4, 0.5) is 5.69 Å². The predicted molar refractivity (Wildman–Crippen MR) is 66.7 cm³/mol. The number of nitrogens with one attached hydrogen (secondary N) is 1. The third-order valence-electron chi connectivity index (χ3n) is 2.47. The van der Waals surface area contributed by atoms with Gasteiger partial charge in [-0.05, 0) is 12.1 Å². The largest absolute Gasteiger partial charge is 0.478 e. The van der Waals surface area contributed by atoms with Crippen molar-refractivity contribution >= 4 is 23.3 Å². The van der Waals surface area contributed by atoms with Crippen molar-refractivity contribution < 1.29 is 9.90 Å². The molecule has 2 aromatic rings. The molecule has 0 atom stereocenters. The van der Waals surface area contributed by atoms with Crippen molar-refractivity contribution in [2.75, 3.05) is 5.32 Å². The van der Waals surface area contributed by atoms with E-state index < -0.39 is 5.97 Å². The molecule has 1 heterocycles. The maximum absolute atomic E-state index is 11.1. The van der Waals surface area contributed by atoms with E-state index >= 15 is 0 Å². The van der Waals surface area contributed by atoms with Crippen molar-refractivity contribution in [2.45, 2.75) is 6.54 Å². The Hall–Kier alpha value is -2.08. The average Bonchev–Trinajstić information content (AvgIpc) is 2.71.